The summed E-state index contributed by atoms with van der Waals surface area (Å²) in [7, 11) is -8.95. The summed E-state index contributed by atoms with van der Waals surface area (Å²) in [6, 6.07) is 26.2. The van der Waals surface area contributed by atoms with Crippen molar-refractivity contribution in [1.82, 2.24) is 20.4 Å². The van der Waals surface area contributed by atoms with E-state index < -0.39 is 110 Å². The molecule has 2 N–H and O–H groups in total. The number of halogens is 8. The number of sulfone groups is 2. The summed E-state index contributed by atoms with van der Waals surface area (Å²) < 4.78 is 148. The molecule has 4 aromatic carbocycles. The second-order valence-electron chi connectivity index (χ2n) is 20.7. The van der Waals surface area contributed by atoms with Crippen LogP contribution in [0.3, 0.4) is 0 Å². The Morgan fingerprint density at radius 2 is 0.900 bits per heavy atom. The summed E-state index contributed by atoms with van der Waals surface area (Å²) in [5.41, 5.74) is -3.23. The first-order chi connectivity index (χ1) is 37.8. The molecule has 0 bridgehead atoms. The van der Waals surface area contributed by atoms with Gasteiger partial charge in [-0.3, -0.25) is 9.59 Å². The van der Waals surface area contributed by atoms with Gasteiger partial charge in [-0.05, 0) is 124 Å². The average Bonchev–Trinajstić information content (AvgIpc) is 4.10. The van der Waals surface area contributed by atoms with E-state index in [0.29, 0.717) is 61.9 Å². The van der Waals surface area contributed by atoms with Crippen LogP contribution in [0.25, 0.3) is 0 Å². The van der Waals surface area contributed by atoms with Gasteiger partial charge in [-0.2, -0.15) is 36.9 Å². The van der Waals surface area contributed by atoms with Gasteiger partial charge in [0.25, 0.3) is 0 Å². The molecule has 432 valence electrons. The highest BCUT2D eigenvalue weighted by atomic mass is 35.5. The summed E-state index contributed by atoms with van der Waals surface area (Å²) in [4.78, 5) is 29.9. The lowest BCUT2D eigenvalue weighted by atomic mass is 9.88. The van der Waals surface area contributed by atoms with Crippen LogP contribution in [0.15, 0.2) is 107 Å². The number of nitriles is 2. The number of rotatable bonds is 16. The zero-order chi connectivity index (χ0) is 58.3. The van der Waals surface area contributed by atoms with Crippen LogP contribution in [0.1, 0.15) is 87.5 Å². The lowest BCUT2D eigenvalue weighted by Gasteiger charge is -2.38. The molecule has 24 heteroatoms. The van der Waals surface area contributed by atoms with Gasteiger partial charge < -0.3 is 29.9 Å². The van der Waals surface area contributed by atoms with E-state index in [1.165, 1.54) is 12.1 Å². The van der Waals surface area contributed by atoms with Gasteiger partial charge in [0.2, 0.25) is 11.8 Å². The van der Waals surface area contributed by atoms with E-state index in [1.54, 1.807) is 48.5 Å². The molecule has 2 heterocycles. The molecule has 2 saturated carbocycles. The van der Waals surface area contributed by atoms with Crippen molar-refractivity contribution in [2.24, 2.45) is 11.8 Å². The van der Waals surface area contributed by atoms with Crippen LogP contribution in [-0.2, 0) is 64.3 Å². The SMILES string of the molecule is CCN1CCC(C#N)(NC(=O)[C@@H]2C[C@@H](S(=O)(=O)c3ccccc3C(F)(F)F)C[C@H]2OCc2ccc(Cl)cc2)CC1.CCN1CCC(C#N)(NC(=O)[C@H]2C[C@H](S(=O)(=O)c3ccccc3C(F)(F)F)C[C@@H]2OCc2ccc(Cl)cc2)CC1. The van der Waals surface area contributed by atoms with Gasteiger partial charge in [-0.1, -0.05) is 85.6 Å². The minimum atomic E-state index is -4.87. The highest BCUT2D eigenvalue weighted by molar-refractivity contribution is 7.92. The van der Waals surface area contributed by atoms with Crippen LogP contribution in [0.5, 0.6) is 0 Å². The molecule has 0 radical (unpaired) electrons. The van der Waals surface area contributed by atoms with Crippen LogP contribution in [0, 0.1) is 34.5 Å². The predicted molar refractivity (Wildman–Crippen MR) is 286 cm³/mol. The Labute approximate surface area is 472 Å². The van der Waals surface area contributed by atoms with Crippen molar-refractivity contribution >= 4 is 54.7 Å². The van der Waals surface area contributed by atoms with E-state index in [4.69, 9.17) is 32.7 Å². The lowest BCUT2D eigenvalue weighted by Crippen LogP contribution is -2.56. The fourth-order valence-electron chi connectivity index (χ4n) is 10.8. The summed E-state index contributed by atoms with van der Waals surface area (Å²) in [6.07, 6.45) is -10.7. The number of nitrogens with one attached hydrogen (secondary N) is 2. The molecule has 2 amide bonds. The molecule has 4 fully saturated rings. The van der Waals surface area contributed by atoms with Crippen molar-refractivity contribution in [3.8, 4) is 12.1 Å². The minimum absolute atomic E-state index is 0.0480. The molecule has 6 atom stereocenters. The predicted octanol–water partition coefficient (Wildman–Crippen LogP) is 9.98. The molecule has 0 unspecified atom stereocenters. The average molecular weight is 1200 g/mol. The molecular weight excluding hydrogens is 1130 g/mol. The van der Waals surface area contributed by atoms with Crippen LogP contribution >= 0.6 is 23.2 Å². The number of benzene rings is 4. The van der Waals surface area contributed by atoms with Crippen molar-refractivity contribution in [2.75, 3.05) is 39.3 Å². The number of carbonyl (C=O) groups excluding carboxylic acids is 2. The van der Waals surface area contributed by atoms with E-state index >= 15 is 0 Å². The molecule has 4 aliphatic rings. The molecule has 0 aromatic heterocycles. The Hall–Kier alpha value is -5.30. The van der Waals surface area contributed by atoms with Crippen molar-refractivity contribution in [3.63, 3.8) is 0 Å². The van der Waals surface area contributed by atoms with Crippen molar-refractivity contribution in [1.29, 1.82) is 10.5 Å². The highest BCUT2D eigenvalue weighted by Crippen LogP contribution is 2.43. The summed E-state index contributed by atoms with van der Waals surface area (Å²) in [5, 5.41) is 24.1. The van der Waals surface area contributed by atoms with Gasteiger partial charge in [-0.25, -0.2) is 16.8 Å². The molecular formula is C56H62Cl2F6N6O8S2. The topological polar surface area (TPSA) is 199 Å². The van der Waals surface area contributed by atoms with E-state index in [0.717, 1.165) is 60.6 Å². The van der Waals surface area contributed by atoms with Gasteiger partial charge in [-0.15, -0.1) is 0 Å². The third-order valence-electron chi connectivity index (χ3n) is 15.7. The van der Waals surface area contributed by atoms with Crippen molar-refractivity contribution < 1.29 is 62.2 Å². The molecule has 2 aliphatic heterocycles. The third-order valence-corrected chi connectivity index (χ3v) is 20.7. The Balaban J connectivity index is 0.000000231. The normalized spacial score (nSPS) is 23.4. The molecule has 0 spiro atoms. The quantitative estimate of drug-likeness (QED) is 0.101. The Kier molecular flexibility index (Phi) is 20.1. The number of piperidine rings is 2. The summed E-state index contributed by atoms with van der Waals surface area (Å²) >= 11 is 11.9. The van der Waals surface area contributed by atoms with Gasteiger partial charge in [0.1, 0.15) is 11.1 Å². The molecule has 2 saturated heterocycles. The standard InChI is InChI=1S/2C28H31ClF3N3O4S/c2*1-2-35-13-11-27(18-33,12-14-35)34-26(36)22-15-21(16-24(22)39-17-19-7-9-20(29)10-8-19)40(37,38)25-6-4-3-5-23(25)28(30,31)32/h2*3-10,21-22,24H,2,11-17H2,1H3,(H,34,36)/t2*21-,22-,24-/m10/s1. The monoisotopic (exact) mass is 1190 g/mol. The molecule has 4 aromatic rings. The molecule has 14 nitrogen and oxygen atoms in total. The van der Waals surface area contributed by atoms with E-state index in [9.17, 15) is 63.3 Å². The van der Waals surface area contributed by atoms with Crippen LogP contribution in [-0.4, -0.2) is 112 Å². The highest BCUT2D eigenvalue weighted by Gasteiger charge is 2.51. The lowest BCUT2D eigenvalue weighted by molar-refractivity contribution is -0.140. The number of carbonyl (C=O) groups is 2. The minimum Gasteiger partial charge on any atom is -0.373 e. The number of nitrogens with zero attached hydrogens (tertiary/aromatic N) is 4. The molecule has 2 aliphatic carbocycles. The van der Waals surface area contributed by atoms with E-state index in [2.05, 4.69) is 32.6 Å². The number of alkyl halides is 6. The molecule has 80 heavy (non-hydrogen) atoms. The number of hydrogen-bond donors (Lipinski definition) is 2. The van der Waals surface area contributed by atoms with Crippen molar-refractivity contribution in [2.45, 2.75) is 134 Å². The largest absolute Gasteiger partial charge is 0.417 e. The Bertz CT molecular complexity index is 2920. The summed E-state index contributed by atoms with van der Waals surface area (Å²) in [6.45, 7) is 8.24. The molecule has 8 rings (SSSR count). The fraction of sp³-hybridized carbons (Fsp3) is 0.500. The number of likely N-dealkylation sites (tertiary alicyclic amines) is 2. The van der Waals surface area contributed by atoms with Gasteiger partial charge in [0.05, 0.1) is 80.8 Å². The second kappa shape index (κ2) is 25.9. The third kappa shape index (κ3) is 14.8. The Morgan fingerprint density at radius 3 is 1.20 bits per heavy atom. The number of amides is 2. The van der Waals surface area contributed by atoms with Gasteiger partial charge in [0, 0.05) is 36.2 Å². The zero-order valence-corrected chi connectivity index (χ0v) is 47.1. The second-order valence-corrected chi connectivity index (χ2v) is 25.9. The fourth-order valence-corrected chi connectivity index (χ4v) is 15.1. The van der Waals surface area contributed by atoms with E-state index in [1.807, 2.05) is 13.8 Å². The van der Waals surface area contributed by atoms with Gasteiger partial charge >= 0.3 is 12.4 Å². The van der Waals surface area contributed by atoms with Crippen LogP contribution < -0.4 is 10.6 Å². The van der Waals surface area contributed by atoms with Crippen LogP contribution in [0.4, 0.5) is 26.3 Å². The smallest absolute Gasteiger partial charge is 0.373 e. The summed E-state index contributed by atoms with van der Waals surface area (Å²) in [5.74, 6) is -3.01. The van der Waals surface area contributed by atoms with Crippen LogP contribution in [0.2, 0.25) is 10.0 Å². The van der Waals surface area contributed by atoms with Gasteiger partial charge in [0.15, 0.2) is 19.7 Å². The first-order valence-corrected chi connectivity index (χ1v) is 30.1. The first-order valence-electron chi connectivity index (χ1n) is 26.2. The first kappa shape index (κ1) is 62.3. The maximum Gasteiger partial charge on any atom is 0.417 e. The van der Waals surface area contributed by atoms with E-state index in [-0.39, 0.29) is 38.9 Å². The number of ether oxygens (including phenoxy) is 2. The maximum absolute atomic E-state index is 13.7. The maximum atomic E-state index is 13.7. The number of hydrogen-bond acceptors (Lipinski definition) is 12. The zero-order valence-electron chi connectivity index (χ0n) is 43.9. The Morgan fingerprint density at radius 1 is 0.575 bits per heavy atom. The van der Waals surface area contributed by atoms with Crippen molar-refractivity contribution in [3.05, 3.63) is 129 Å².